The summed E-state index contributed by atoms with van der Waals surface area (Å²) in [5.74, 6) is 0.506. The number of rotatable bonds is 12. The van der Waals surface area contributed by atoms with Crippen LogP contribution in [-0.2, 0) is 16.0 Å². The van der Waals surface area contributed by atoms with Crippen molar-refractivity contribution in [1.82, 2.24) is 20.9 Å². The van der Waals surface area contributed by atoms with Crippen molar-refractivity contribution in [2.45, 2.75) is 43.7 Å². The molecule has 1 saturated heterocycles. The lowest BCUT2D eigenvalue weighted by atomic mass is 9.90. The van der Waals surface area contributed by atoms with Gasteiger partial charge in [0.2, 0.25) is 11.8 Å². The molecule has 0 radical (unpaired) electrons. The highest BCUT2D eigenvalue weighted by atomic mass is 16.2. The molecular formula is C37H44N6O2. The molecule has 0 spiro atoms. The Morgan fingerprint density at radius 2 is 1.60 bits per heavy atom. The van der Waals surface area contributed by atoms with Gasteiger partial charge in [-0.25, -0.2) is 0 Å². The van der Waals surface area contributed by atoms with Gasteiger partial charge in [-0.05, 0) is 46.7 Å². The van der Waals surface area contributed by atoms with Crippen LogP contribution in [0.15, 0.2) is 108 Å². The van der Waals surface area contributed by atoms with Crippen LogP contribution in [0.2, 0.25) is 0 Å². The SMILES string of the molecule is CN=C(N)NCCCC1NC(CNC(=O)Cc2ccc3ccccc3c2)CCN(CC(c2ccccc2)c2ccccc2)C1=O. The van der Waals surface area contributed by atoms with Crippen molar-refractivity contribution in [3.05, 3.63) is 120 Å². The molecule has 4 aromatic rings. The van der Waals surface area contributed by atoms with Gasteiger partial charge in [0.1, 0.15) is 0 Å². The Bertz CT molecular complexity index is 1540. The number of hydrogen-bond donors (Lipinski definition) is 4. The van der Waals surface area contributed by atoms with E-state index in [2.05, 4.69) is 93.7 Å². The van der Waals surface area contributed by atoms with Gasteiger partial charge in [-0.1, -0.05) is 103 Å². The average molecular weight is 605 g/mol. The van der Waals surface area contributed by atoms with Crippen molar-refractivity contribution in [2.24, 2.45) is 10.7 Å². The molecule has 0 bridgehead atoms. The van der Waals surface area contributed by atoms with Crippen molar-refractivity contribution in [2.75, 3.05) is 33.2 Å². The van der Waals surface area contributed by atoms with E-state index in [1.54, 1.807) is 7.05 Å². The third-order valence-corrected chi connectivity index (χ3v) is 8.54. The summed E-state index contributed by atoms with van der Waals surface area (Å²) in [4.78, 5) is 33.0. The first kappa shape index (κ1) is 31.7. The number of aliphatic imine (C=N–C) groups is 1. The lowest BCUT2D eigenvalue weighted by Crippen LogP contribution is -2.49. The van der Waals surface area contributed by atoms with Crippen molar-refractivity contribution in [1.29, 1.82) is 0 Å². The summed E-state index contributed by atoms with van der Waals surface area (Å²) >= 11 is 0. The molecule has 4 aromatic carbocycles. The second-order valence-electron chi connectivity index (χ2n) is 11.7. The van der Waals surface area contributed by atoms with Crippen LogP contribution < -0.4 is 21.7 Å². The monoisotopic (exact) mass is 604 g/mol. The third-order valence-electron chi connectivity index (χ3n) is 8.54. The Labute approximate surface area is 266 Å². The Morgan fingerprint density at radius 1 is 0.933 bits per heavy atom. The van der Waals surface area contributed by atoms with Gasteiger partial charge in [-0.2, -0.15) is 0 Å². The molecule has 0 saturated carbocycles. The lowest BCUT2D eigenvalue weighted by molar-refractivity contribution is -0.133. The number of amides is 2. The minimum Gasteiger partial charge on any atom is -0.370 e. The first-order valence-corrected chi connectivity index (χ1v) is 15.9. The maximum atomic E-state index is 14.1. The van der Waals surface area contributed by atoms with Gasteiger partial charge in [0.15, 0.2) is 5.96 Å². The van der Waals surface area contributed by atoms with E-state index in [4.69, 9.17) is 5.73 Å². The predicted molar refractivity (Wildman–Crippen MR) is 182 cm³/mol. The lowest BCUT2D eigenvalue weighted by Gasteiger charge is -2.29. The highest BCUT2D eigenvalue weighted by molar-refractivity contribution is 5.85. The molecule has 0 aliphatic carbocycles. The van der Waals surface area contributed by atoms with Gasteiger partial charge in [-0.15, -0.1) is 0 Å². The van der Waals surface area contributed by atoms with E-state index in [1.165, 1.54) is 11.1 Å². The van der Waals surface area contributed by atoms with Crippen LogP contribution in [0.3, 0.4) is 0 Å². The fraction of sp³-hybridized carbons (Fsp3) is 0.324. The van der Waals surface area contributed by atoms with Gasteiger partial charge < -0.3 is 26.6 Å². The van der Waals surface area contributed by atoms with E-state index in [1.807, 2.05) is 35.2 Å². The van der Waals surface area contributed by atoms with Crippen molar-refractivity contribution in [3.63, 3.8) is 0 Å². The van der Waals surface area contributed by atoms with Gasteiger partial charge in [-0.3, -0.25) is 14.6 Å². The summed E-state index contributed by atoms with van der Waals surface area (Å²) in [6.45, 7) is 2.27. The van der Waals surface area contributed by atoms with Gasteiger partial charge in [0.05, 0.1) is 12.5 Å². The van der Waals surface area contributed by atoms with Crippen molar-refractivity contribution >= 4 is 28.5 Å². The van der Waals surface area contributed by atoms with E-state index >= 15 is 0 Å². The van der Waals surface area contributed by atoms with E-state index in [-0.39, 0.29) is 29.8 Å². The van der Waals surface area contributed by atoms with Gasteiger partial charge in [0.25, 0.3) is 0 Å². The Morgan fingerprint density at radius 3 is 2.29 bits per heavy atom. The van der Waals surface area contributed by atoms with Gasteiger partial charge >= 0.3 is 0 Å². The van der Waals surface area contributed by atoms with Gasteiger partial charge in [0, 0.05) is 45.2 Å². The second-order valence-corrected chi connectivity index (χ2v) is 11.7. The minimum atomic E-state index is -0.372. The molecule has 2 amide bonds. The maximum Gasteiger partial charge on any atom is 0.239 e. The molecule has 8 heteroatoms. The molecule has 45 heavy (non-hydrogen) atoms. The molecule has 2 atom stereocenters. The molecule has 8 nitrogen and oxygen atoms in total. The largest absolute Gasteiger partial charge is 0.370 e. The Kier molecular flexibility index (Phi) is 11.2. The average Bonchev–Trinajstić information content (AvgIpc) is 3.22. The van der Waals surface area contributed by atoms with Crippen molar-refractivity contribution in [3.8, 4) is 0 Å². The fourth-order valence-electron chi connectivity index (χ4n) is 6.06. The second kappa shape index (κ2) is 15.9. The first-order chi connectivity index (χ1) is 22.0. The summed E-state index contributed by atoms with van der Waals surface area (Å²) in [6.07, 6.45) is 2.44. The Hall–Kier alpha value is -4.69. The van der Waals surface area contributed by atoms with E-state index in [9.17, 15) is 9.59 Å². The van der Waals surface area contributed by atoms with E-state index in [0.717, 1.165) is 29.2 Å². The topological polar surface area (TPSA) is 112 Å². The fourth-order valence-corrected chi connectivity index (χ4v) is 6.06. The normalized spacial score (nSPS) is 17.3. The van der Waals surface area contributed by atoms with Crippen LogP contribution in [0.4, 0.5) is 0 Å². The number of guanidine groups is 1. The zero-order valence-electron chi connectivity index (χ0n) is 26.0. The Balaban J connectivity index is 1.27. The quantitative estimate of drug-likeness (QED) is 0.110. The molecule has 234 valence electrons. The molecule has 2 unspecified atom stereocenters. The highest BCUT2D eigenvalue weighted by Crippen LogP contribution is 2.27. The number of carbonyl (C=O) groups excluding carboxylic acids is 2. The van der Waals surface area contributed by atoms with Crippen LogP contribution in [0.25, 0.3) is 10.8 Å². The highest BCUT2D eigenvalue weighted by Gasteiger charge is 2.32. The van der Waals surface area contributed by atoms with Crippen LogP contribution >= 0.6 is 0 Å². The number of benzene rings is 4. The molecule has 1 fully saturated rings. The van der Waals surface area contributed by atoms with Crippen LogP contribution in [0.5, 0.6) is 0 Å². The van der Waals surface area contributed by atoms with Crippen molar-refractivity contribution < 1.29 is 9.59 Å². The summed E-state index contributed by atoms with van der Waals surface area (Å²) in [5.41, 5.74) is 9.16. The molecular weight excluding hydrogens is 560 g/mol. The number of hydrogen-bond acceptors (Lipinski definition) is 4. The smallest absolute Gasteiger partial charge is 0.239 e. The molecule has 1 heterocycles. The standard InChI is InChI=1S/C37H44N6O2/c1-39-37(38)40-21-10-17-34-36(45)43(26-33(29-12-4-2-5-13-29)30-14-6-3-7-15-30)22-20-32(42-34)25-41-35(44)24-27-18-19-28-11-8-9-16-31(28)23-27/h2-9,11-16,18-19,23,32-34,42H,10,17,20-22,24-26H2,1H3,(H,41,44)(H3,38,39,40). The summed E-state index contributed by atoms with van der Waals surface area (Å²) in [5, 5.41) is 12.1. The summed E-state index contributed by atoms with van der Waals surface area (Å²) in [6, 6.07) is 34.7. The summed E-state index contributed by atoms with van der Waals surface area (Å²) < 4.78 is 0. The molecule has 0 aromatic heterocycles. The van der Waals surface area contributed by atoms with Crippen LogP contribution in [0.1, 0.15) is 41.9 Å². The molecule has 1 aliphatic heterocycles. The van der Waals surface area contributed by atoms with Crippen LogP contribution in [0, 0.1) is 0 Å². The number of carbonyl (C=O) groups is 2. The third kappa shape index (κ3) is 8.92. The molecule has 5 rings (SSSR count). The van der Waals surface area contributed by atoms with E-state index in [0.29, 0.717) is 45.0 Å². The number of nitrogens with two attached hydrogens (primary N) is 1. The molecule has 5 N–H and O–H groups in total. The summed E-state index contributed by atoms with van der Waals surface area (Å²) in [7, 11) is 1.64. The van der Waals surface area contributed by atoms with E-state index < -0.39 is 0 Å². The number of fused-ring (bicyclic) bond motifs is 1. The zero-order chi connectivity index (χ0) is 31.4. The number of nitrogens with zero attached hydrogens (tertiary/aromatic N) is 2. The van der Waals surface area contributed by atoms with Crippen LogP contribution in [-0.4, -0.2) is 68.0 Å². The first-order valence-electron chi connectivity index (χ1n) is 15.9. The zero-order valence-corrected chi connectivity index (χ0v) is 26.0. The minimum absolute atomic E-state index is 0.0252. The maximum absolute atomic E-state index is 14.1. The predicted octanol–water partition coefficient (Wildman–Crippen LogP) is 4.20. The number of nitrogens with one attached hydrogen (secondary N) is 3. The molecule has 1 aliphatic rings.